The van der Waals surface area contributed by atoms with Crippen molar-refractivity contribution in [3.8, 4) is 11.6 Å². The molecule has 8 heteroatoms. The van der Waals surface area contributed by atoms with Crippen LogP contribution in [-0.2, 0) is 4.79 Å². The molecule has 0 saturated heterocycles. The number of nitrogens with one attached hydrogen (secondary N) is 1. The Bertz CT molecular complexity index is 744. The molecular weight excluding hydrogens is 376 g/mol. The van der Waals surface area contributed by atoms with Crippen LogP contribution >= 0.6 is 15.9 Å². The quantitative estimate of drug-likeness (QED) is 0.770. The maximum absolute atomic E-state index is 11.8. The van der Waals surface area contributed by atoms with Crippen LogP contribution < -0.4 is 5.32 Å². The average Bonchev–Trinajstić information content (AvgIpc) is 3.09. The zero-order valence-electron chi connectivity index (χ0n) is 12.9. The normalized spacial score (nSPS) is 28.7. The summed E-state index contributed by atoms with van der Waals surface area (Å²) in [5, 5.41) is 13.0. The van der Waals surface area contributed by atoms with Crippen molar-refractivity contribution >= 4 is 27.7 Å². The molecule has 2 bridgehead atoms. The number of anilines is 1. The summed E-state index contributed by atoms with van der Waals surface area (Å²) in [7, 11) is 0. The van der Waals surface area contributed by atoms with Gasteiger partial charge in [0.15, 0.2) is 4.73 Å². The van der Waals surface area contributed by atoms with Crippen molar-refractivity contribution in [3.05, 3.63) is 23.3 Å². The molecule has 2 aromatic heterocycles. The summed E-state index contributed by atoms with van der Waals surface area (Å²) in [5.74, 6) is 0.533. The molecule has 5 rings (SSSR count). The topological polar surface area (TPSA) is 101 Å². The van der Waals surface area contributed by atoms with E-state index in [1.807, 2.05) is 0 Å². The standard InChI is InChI=1S/C16H17BrN4O3/c17-16-19-10(14-18-5-6-24-14)7-11(21-16)20-13-9-3-1-8(2-4-9)12(13)15(22)23/h5-9,12-13H,1-4H2,(H,22,23)(H,19,20,21). The Kier molecular flexibility index (Phi) is 3.99. The van der Waals surface area contributed by atoms with Crippen molar-refractivity contribution in [2.45, 2.75) is 31.7 Å². The number of fused-ring (bicyclic) bond motifs is 3. The van der Waals surface area contributed by atoms with E-state index in [2.05, 4.69) is 36.2 Å². The van der Waals surface area contributed by atoms with Crippen LogP contribution in [0.4, 0.5) is 5.82 Å². The van der Waals surface area contributed by atoms with Crippen molar-refractivity contribution in [2.75, 3.05) is 5.32 Å². The summed E-state index contributed by atoms with van der Waals surface area (Å²) in [5.41, 5.74) is 0.553. The van der Waals surface area contributed by atoms with E-state index in [4.69, 9.17) is 4.42 Å². The van der Waals surface area contributed by atoms with Gasteiger partial charge in [0, 0.05) is 12.1 Å². The second-order valence-electron chi connectivity index (χ2n) is 6.45. The third kappa shape index (κ3) is 2.79. The van der Waals surface area contributed by atoms with Gasteiger partial charge in [-0.2, -0.15) is 0 Å². The van der Waals surface area contributed by atoms with Gasteiger partial charge in [0.2, 0.25) is 5.89 Å². The summed E-state index contributed by atoms with van der Waals surface area (Å²) >= 11 is 3.30. The third-order valence-electron chi connectivity index (χ3n) is 5.17. The molecule has 2 N–H and O–H groups in total. The van der Waals surface area contributed by atoms with Gasteiger partial charge >= 0.3 is 5.97 Å². The third-order valence-corrected chi connectivity index (χ3v) is 5.52. The first-order valence-electron chi connectivity index (χ1n) is 8.05. The van der Waals surface area contributed by atoms with E-state index >= 15 is 0 Å². The van der Waals surface area contributed by atoms with E-state index in [0.29, 0.717) is 28.1 Å². The Morgan fingerprint density at radius 3 is 2.67 bits per heavy atom. The van der Waals surface area contributed by atoms with Crippen molar-refractivity contribution in [3.63, 3.8) is 0 Å². The van der Waals surface area contributed by atoms with E-state index in [0.717, 1.165) is 25.7 Å². The second kappa shape index (κ2) is 6.16. The van der Waals surface area contributed by atoms with Gasteiger partial charge in [-0.15, -0.1) is 0 Å². The lowest BCUT2D eigenvalue weighted by atomic mass is 9.61. The molecular formula is C16H17BrN4O3. The number of halogens is 1. The largest absolute Gasteiger partial charge is 0.481 e. The molecule has 0 amide bonds. The molecule has 0 spiro atoms. The zero-order valence-corrected chi connectivity index (χ0v) is 14.4. The fourth-order valence-electron chi connectivity index (χ4n) is 4.13. The number of carbonyl (C=O) groups is 1. The van der Waals surface area contributed by atoms with E-state index < -0.39 is 5.97 Å². The van der Waals surface area contributed by atoms with Gasteiger partial charge in [0.1, 0.15) is 17.8 Å². The Labute approximate surface area is 147 Å². The minimum Gasteiger partial charge on any atom is -0.481 e. The van der Waals surface area contributed by atoms with Crippen molar-refractivity contribution in [2.24, 2.45) is 17.8 Å². The number of carboxylic acids is 1. The number of rotatable bonds is 4. The summed E-state index contributed by atoms with van der Waals surface area (Å²) in [6, 6.07) is 1.65. The molecule has 3 fully saturated rings. The van der Waals surface area contributed by atoms with Crippen LogP contribution in [0.1, 0.15) is 25.7 Å². The zero-order chi connectivity index (χ0) is 16.7. The predicted octanol–water partition coefficient (Wildman–Crippen LogP) is 3.20. The van der Waals surface area contributed by atoms with Crippen LogP contribution in [0.25, 0.3) is 11.6 Å². The maximum Gasteiger partial charge on any atom is 0.308 e. The van der Waals surface area contributed by atoms with Gasteiger partial charge in [-0.1, -0.05) is 0 Å². The SMILES string of the molecule is O=C(O)C1C2CCC(CC2)C1Nc1cc(-c2ncco2)nc(Br)n1. The highest BCUT2D eigenvalue weighted by Gasteiger charge is 2.47. The van der Waals surface area contributed by atoms with Crippen LogP contribution in [0.15, 0.2) is 27.7 Å². The highest BCUT2D eigenvalue weighted by atomic mass is 79.9. The van der Waals surface area contributed by atoms with Gasteiger partial charge in [0.05, 0.1) is 12.1 Å². The van der Waals surface area contributed by atoms with E-state index in [-0.39, 0.29) is 17.9 Å². The lowest BCUT2D eigenvalue weighted by Gasteiger charge is -2.47. The number of hydrogen-bond acceptors (Lipinski definition) is 6. The van der Waals surface area contributed by atoms with Gasteiger partial charge in [-0.05, 0) is 53.4 Å². The molecule has 2 heterocycles. The number of carboxylic acid groups (broad SMARTS) is 1. The van der Waals surface area contributed by atoms with Crippen LogP contribution in [0, 0.1) is 17.8 Å². The fraction of sp³-hybridized carbons (Fsp3) is 0.500. The van der Waals surface area contributed by atoms with Gasteiger partial charge in [0.25, 0.3) is 0 Å². The average molecular weight is 393 g/mol. The van der Waals surface area contributed by atoms with E-state index in [1.54, 1.807) is 12.3 Å². The Morgan fingerprint density at radius 2 is 2.00 bits per heavy atom. The molecule has 0 aliphatic heterocycles. The van der Waals surface area contributed by atoms with Gasteiger partial charge in [-0.3, -0.25) is 4.79 Å². The lowest BCUT2D eigenvalue weighted by molar-refractivity contribution is -0.148. The van der Waals surface area contributed by atoms with Crippen LogP contribution in [0.5, 0.6) is 0 Å². The smallest absolute Gasteiger partial charge is 0.308 e. The first-order valence-corrected chi connectivity index (χ1v) is 8.85. The molecule has 2 unspecified atom stereocenters. The molecule has 2 atom stereocenters. The van der Waals surface area contributed by atoms with E-state index in [9.17, 15) is 9.90 Å². The highest BCUT2D eigenvalue weighted by Crippen LogP contribution is 2.46. The predicted molar refractivity (Wildman–Crippen MR) is 89.2 cm³/mol. The fourth-order valence-corrected chi connectivity index (χ4v) is 4.52. The maximum atomic E-state index is 11.8. The summed E-state index contributed by atoms with van der Waals surface area (Å²) in [6.07, 6.45) is 7.21. The highest BCUT2D eigenvalue weighted by molar-refractivity contribution is 9.10. The molecule has 3 aliphatic carbocycles. The number of aliphatic carboxylic acids is 1. The molecule has 2 aromatic rings. The van der Waals surface area contributed by atoms with Crippen molar-refractivity contribution in [1.82, 2.24) is 15.0 Å². The molecule has 0 radical (unpaired) electrons. The first kappa shape index (κ1) is 15.6. The second-order valence-corrected chi connectivity index (χ2v) is 7.16. The Balaban J connectivity index is 1.63. The molecule has 126 valence electrons. The molecule has 3 aliphatic rings. The van der Waals surface area contributed by atoms with E-state index in [1.165, 1.54) is 6.26 Å². The number of hydrogen-bond donors (Lipinski definition) is 2. The number of nitrogens with zero attached hydrogens (tertiary/aromatic N) is 3. The van der Waals surface area contributed by atoms with Crippen molar-refractivity contribution < 1.29 is 14.3 Å². The van der Waals surface area contributed by atoms with Gasteiger partial charge in [-0.25, -0.2) is 15.0 Å². The summed E-state index contributed by atoms with van der Waals surface area (Å²) in [6.45, 7) is 0. The van der Waals surface area contributed by atoms with Crippen molar-refractivity contribution in [1.29, 1.82) is 0 Å². The Morgan fingerprint density at radius 1 is 1.25 bits per heavy atom. The lowest BCUT2D eigenvalue weighted by Crippen LogP contribution is -2.51. The molecule has 0 aromatic carbocycles. The molecule has 24 heavy (non-hydrogen) atoms. The van der Waals surface area contributed by atoms with Gasteiger partial charge < -0.3 is 14.8 Å². The molecule has 7 nitrogen and oxygen atoms in total. The van der Waals surface area contributed by atoms with Crippen LogP contribution in [-0.4, -0.2) is 32.1 Å². The molecule has 3 saturated carbocycles. The minimum absolute atomic E-state index is 0.103. The minimum atomic E-state index is -0.719. The number of oxazole rings is 1. The number of aromatic nitrogens is 3. The van der Waals surface area contributed by atoms with Crippen LogP contribution in [0.2, 0.25) is 0 Å². The summed E-state index contributed by atoms with van der Waals surface area (Å²) in [4.78, 5) is 24.5. The first-order chi connectivity index (χ1) is 11.6. The Hall–Kier alpha value is -1.96. The van der Waals surface area contributed by atoms with Crippen LogP contribution in [0.3, 0.4) is 0 Å². The summed E-state index contributed by atoms with van der Waals surface area (Å²) < 4.78 is 5.69. The monoisotopic (exact) mass is 392 g/mol.